The number of rotatable bonds is 3. The van der Waals surface area contributed by atoms with Gasteiger partial charge in [-0.05, 0) is 29.1 Å². The summed E-state index contributed by atoms with van der Waals surface area (Å²) in [6.45, 7) is 0. The van der Waals surface area contributed by atoms with Crippen molar-refractivity contribution < 1.29 is 0 Å². The van der Waals surface area contributed by atoms with Gasteiger partial charge in [-0.1, -0.05) is 29.8 Å². The molecule has 0 fully saturated rings. The lowest BCUT2D eigenvalue weighted by atomic mass is 9.97. The predicted molar refractivity (Wildman–Crippen MR) is 67.8 cm³/mol. The normalized spacial score (nSPS) is 12.0. The van der Waals surface area contributed by atoms with Crippen LogP contribution in [0.5, 0.6) is 0 Å². The van der Waals surface area contributed by atoms with E-state index in [2.05, 4.69) is 12.1 Å². The molecule has 1 nitrogen and oxygen atoms in total. The summed E-state index contributed by atoms with van der Waals surface area (Å²) in [6.07, 6.45) is 0.774. The largest absolute Gasteiger partial charge is 0.198 e. The Kier molecular flexibility index (Phi) is 3.61. The lowest BCUT2D eigenvalue weighted by Crippen LogP contribution is -1.98. The van der Waals surface area contributed by atoms with Gasteiger partial charge in [0.15, 0.2) is 0 Å². The first-order valence-corrected chi connectivity index (χ1v) is 6.23. The minimum atomic E-state index is -0.0871. The molecular formula is C13H10ClNS. The van der Waals surface area contributed by atoms with E-state index in [-0.39, 0.29) is 5.92 Å². The summed E-state index contributed by atoms with van der Waals surface area (Å²) in [4.78, 5) is 1.24. The highest BCUT2D eigenvalue weighted by Gasteiger charge is 2.11. The van der Waals surface area contributed by atoms with Crippen molar-refractivity contribution >= 4 is 22.9 Å². The Bertz CT molecular complexity index is 482. The second-order valence-corrected chi connectivity index (χ2v) is 4.99. The number of hydrogen-bond acceptors (Lipinski definition) is 2. The Morgan fingerprint density at radius 1 is 1.25 bits per heavy atom. The monoisotopic (exact) mass is 247 g/mol. The van der Waals surface area contributed by atoms with Crippen molar-refractivity contribution in [1.82, 2.24) is 0 Å². The van der Waals surface area contributed by atoms with Gasteiger partial charge in [-0.15, -0.1) is 11.3 Å². The fourth-order valence-electron chi connectivity index (χ4n) is 1.56. The summed E-state index contributed by atoms with van der Waals surface area (Å²) >= 11 is 7.51. The Morgan fingerprint density at radius 2 is 2.00 bits per heavy atom. The van der Waals surface area contributed by atoms with Crippen LogP contribution in [0.2, 0.25) is 5.02 Å². The number of halogens is 1. The number of nitrogens with zero attached hydrogens (tertiary/aromatic N) is 1. The standard InChI is InChI=1S/C13H10ClNS/c14-12-5-3-10(4-6-12)11(9-15)8-13-2-1-7-16-13/h1-7,11H,8H2/t11-/m1/s1. The molecule has 0 aliphatic heterocycles. The SMILES string of the molecule is N#C[C@@H](Cc1cccs1)c1ccc(Cl)cc1. The maximum atomic E-state index is 9.17. The third-order valence-corrected chi connectivity index (χ3v) is 3.56. The van der Waals surface area contributed by atoms with E-state index < -0.39 is 0 Å². The van der Waals surface area contributed by atoms with E-state index in [9.17, 15) is 0 Å². The second kappa shape index (κ2) is 5.16. The van der Waals surface area contributed by atoms with Crippen LogP contribution in [-0.2, 0) is 6.42 Å². The van der Waals surface area contributed by atoms with Gasteiger partial charge in [0.1, 0.15) is 0 Å². The molecule has 0 aliphatic carbocycles. The minimum absolute atomic E-state index is 0.0871. The number of hydrogen-bond donors (Lipinski definition) is 0. The molecule has 0 radical (unpaired) electrons. The molecule has 2 rings (SSSR count). The molecule has 0 saturated carbocycles. The molecule has 1 heterocycles. The number of thiophene rings is 1. The van der Waals surface area contributed by atoms with Crippen molar-refractivity contribution in [3.8, 4) is 6.07 Å². The van der Waals surface area contributed by atoms with Crippen LogP contribution < -0.4 is 0 Å². The predicted octanol–water partition coefficient (Wildman–Crippen LogP) is 4.25. The molecular weight excluding hydrogens is 238 g/mol. The maximum absolute atomic E-state index is 9.17. The first-order valence-electron chi connectivity index (χ1n) is 4.97. The van der Waals surface area contributed by atoms with Crippen molar-refractivity contribution in [2.45, 2.75) is 12.3 Å². The van der Waals surface area contributed by atoms with Gasteiger partial charge in [0.05, 0.1) is 12.0 Å². The summed E-state index contributed by atoms with van der Waals surface area (Å²) in [5, 5.41) is 11.9. The average molecular weight is 248 g/mol. The molecule has 1 atom stereocenters. The van der Waals surface area contributed by atoms with E-state index in [0.717, 1.165) is 12.0 Å². The van der Waals surface area contributed by atoms with E-state index >= 15 is 0 Å². The zero-order valence-electron chi connectivity index (χ0n) is 8.56. The molecule has 0 bridgehead atoms. The zero-order chi connectivity index (χ0) is 11.4. The van der Waals surface area contributed by atoms with Gasteiger partial charge >= 0.3 is 0 Å². The van der Waals surface area contributed by atoms with Gasteiger partial charge in [0.2, 0.25) is 0 Å². The highest BCUT2D eigenvalue weighted by molar-refractivity contribution is 7.09. The number of nitriles is 1. The van der Waals surface area contributed by atoms with Gasteiger partial charge in [0, 0.05) is 16.3 Å². The summed E-state index contributed by atoms with van der Waals surface area (Å²) < 4.78 is 0. The van der Waals surface area contributed by atoms with Gasteiger partial charge in [-0.25, -0.2) is 0 Å². The van der Waals surface area contributed by atoms with E-state index in [1.807, 2.05) is 35.7 Å². The Hall–Kier alpha value is -1.30. The van der Waals surface area contributed by atoms with Crippen molar-refractivity contribution in [2.24, 2.45) is 0 Å². The van der Waals surface area contributed by atoms with Gasteiger partial charge < -0.3 is 0 Å². The third kappa shape index (κ3) is 2.63. The van der Waals surface area contributed by atoms with Crippen LogP contribution >= 0.6 is 22.9 Å². The molecule has 0 spiro atoms. The molecule has 0 amide bonds. The molecule has 80 valence electrons. The van der Waals surface area contributed by atoms with Crippen LogP contribution in [0.1, 0.15) is 16.4 Å². The Morgan fingerprint density at radius 3 is 2.56 bits per heavy atom. The molecule has 0 aliphatic rings. The topological polar surface area (TPSA) is 23.8 Å². The second-order valence-electron chi connectivity index (χ2n) is 3.52. The molecule has 0 N–H and O–H groups in total. The van der Waals surface area contributed by atoms with E-state index in [4.69, 9.17) is 16.9 Å². The molecule has 1 aromatic heterocycles. The van der Waals surface area contributed by atoms with E-state index in [1.54, 1.807) is 11.3 Å². The fraction of sp³-hybridized carbons (Fsp3) is 0.154. The van der Waals surface area contributed by atoms with Crippen LogP contribution in [0.15, 0.2) is 41.8 Å². The summed E-state index contributed by atoms with van der Waals surface area (Å²) in [6, 6.07) is 13.9. The summed E-state index contributed by atoms with van der Waals surface area (Å²) in [5.74, 6) is -0.0871. The highest BCUT2D eigenvalue weighted by Crippen LogP contribution is 2.23. The molecule has 0 saturated heterocycles. The zero-order valence-corrected chi connectivity index (χ0v) is 10.1. The van der Waals surface area contributed by atoms with Crippen LogP contribution in [0, 0.1) is 11.3 Å². The first-order chi connectivity index (χ1) is 7.79. The van der Waals surface area contributed by atoms with Gasteiger partial charge in [-0.3, -0.25) is 0 Å². The lowest BCUT2D eigenvalue weighted by Gasteiger charge is -2.07. The molecule has 0 unspecified atom stereocenters. The molecule has 3 heteroatoms. The number of benzene rings is 1. The molecule has 16 heavy (non-hydrogen) atoms. The lowest BCUT2D eigenvalue weighted by molar-refractivity contribution is 0.862. The summed E-state index contributed by atoms with van der Waals surface area (Å²) in [7, 11) is 0. The van der Waals surface area contributed by atoms with Crippen LogP contribution in [-0.4, -0.2) is 0 Å². The maximum Gasteiger partial charge on any atom is 0.0760 e. The molecule has 2 aromatic rings. The smallest absolute Gasteiger partial charge is 0.0760 e. The van der Waals surface area contributed by atoms with Gasteiger partial charge in [-0.2, -0.15) is 5.26 Å². The Labute approximate surface area is 104 Å². The van der Waals surface area contributed by atoms with Crippen molar-refractivity contribution in [1.29, 1.82) is 5.26 Å². The highest BCUT2D eigenvalue weighted by atomic mass is 35.5. The van der Waals surface area contributed by atoms with E-state index in [0.29, 0.717) is 5.02 Å². The van der Waals surface area contributed by atoms with Crippen LogP contribution in [0.25, 0.3) is 0 Å². The third-order valence-electron chi connectivity index (χ3n) is 2.41. The molecule has 1 aromatic carbocycles. The average Bonchev–Trinajstić information content (AvgIpc) is 2.80. The van der Waals surface area contributed by atoms with E-state index in [1.165, 1.54) is 4.88 Å². The van der Waals surface area contributed by atoms with Crippen molar-refractivity contribution in [2.75, 3.05) is 0 Å². The van der Waals surface area contributed by atoms with Crippen LogP contribution in [0.3, 0.4) is 0 Å². The van der Waals surface area contributed by atoms with Crippen LogP contribution in [0.4, 0.5) is 0 Å². The minimum Gasteiger partial charge on any atom is -0.198 e. The Balaban J connectivity index is 2.17. The van der Waals surface area contributed by atoms with Gasteiger partial charge in [0.25, 0.3) is 0 Å². The quantitative estimate of drug-likeness (QED) is 0.795. The summed E-state index contributed by atoms with van der Waals surface area (Å²) in [5.41, 5.74) is 1.03. The van der Waals surface area contributed by atoms with Crippen molar-refractivity contribution in [3.63, 3.8) is 0 Å². The van der Waals surface area contributed by atoms with Crippen molar-refractivity contribution in [3.05, 3.63) is 57.2 Å². The fourth-order valence-corrected chi connectivity index (χ4v) is 2.44. The first kappa shape index (κ1) is 11.2.